The quantitative estimate of drug-likeness (QED) is 0.819. The minimum absolute atomic E-state index is 0.586. The van der Waals surface area contributed by atoms with E-state index in [1.54, 1.807) is 0 Å². The Balaban J connectivity index is 1.60. The van der Waals surface area contributed by atoms with Crippen LogP contribution in [0.3, 0.4) is 0 Å². The first kappa shape index (κ1) is 14.7. The van der Waals surface area contributed by atoms with Crippen LogP contribution in [0.5, 0.6) is 5.75 Å². The lowest BCUT2D eigenvalue weighted by Gasteiger charge is -2.17. The Hall–Kier alpha value is -1.19. The smallest absolute Gasteiger partial charge is 0.127 e. The maximum Gasteiger partial charge on any atom is 0.127 e. The van der Waals surface area contributed by atoms with Crippen LogP contribution in [0.4, 0.5) is 0 Å². The standard InChI is InChI=1S/C18H23NOS/c1-14(2)10-19-11-16(21-13-19)12-20-18-9-5-7-15-6-3-4-8-17(15)18/h3-9,14,16H,10-13H2,1-2H3/t16-/m0/s1. The van der Waals surface area contributed by atoms with Crippen molar-refractivity contribution in [2.45, 2.75) is 19.1 Å². The number of nitrogens with zero attached hydrogens (tertiary/aromatic N) is 1. The van der Waals surface area contributed by atoms with Crippen molar-refractivity contribution in [1.82, 2.24) is 4.90 Å². The molecule has 1 fully saturated rings. The monoisotopic (exact) mass is 301 g/mol. The van der Waals surface area contributed by atoms with E-state index in [1.807, 2.05) is 11.8 Å². The lowest BCUT2D eigenvalue weighted by Crippen LogP contribution is -2.28. The molecule has 2 nitrogen and oxygen atoms in total. The van der Waals surface area contributed by atoms with Crippen molar-refractivity contribution >= 4 is 22.5 Å². The number of rotatable bonds is 5. The molecule has 21 heavy (non-hydrogen) atoms. The maximum atomic E-state index is 6.11. The zero-order valence-electron chi connectivity index (χ0n) is 12.8. The fraction of sp³-hybridized carbons (Fsp3) is 0.444. The predicted molar refractivity (Wildman–Crippen MR) is 92.1 cm³/mol. The van der Waals surface area contributed by atoms with Gasteiger partial charge in [0, 0.05) is 24.4 Å². The highest BCUT2D eigenvalue weighted by molar-refractivity contribution is 8.00. The summed E-state index contributed by atoms with van der Waals surface area (Å²) in [4.78, 5) is 2.53. The molecule has 2 aromatic carbocycles. The van der Waals surface area contributed by atoms with E-state index in [9.17, 15) is 0 Å². The summed E-state index contributed by atoms with van der Waals surface area (Å²) in [7, 11) is 0. The molecule has 0 amide bonds. The molecule has 1 atom stereocenters. The van der Waals surface area contributed by atoms with E-state index in [1.165, 1.54) is 17.3 Å². The summed E-state index contributed by atoms with van der Waals surface area (Å²) >= 11 is 2.02. The lowest BCUT2D eigenvalue weighted by molar-refractivity contribution is 0.264. The van der Waals surface area contributed by atoms with E-state index in [0.29, 0.717) is 5.25 Å². The van der Waals surface area contributed by atoms with Crippen LogP contribution in [0, 0.1) is 5.92 Å². The Labute approximate surface area is 131 Å². The SMILES string of the molecule is CC(C)CN1CS[C@H](COc2cccc3ccccc23)C1. The number of ether oxygens (including phenoxy) is 1. The van der Waals surface area contributed by atoms with Gasteiger partial charge < -0.3 is 4.74 Å². The first-order chi connectivity index (χ1) is 10.2. The Kier molecular flexibility index (Phi) is 4.71. The maximum absolute atomic E-state index is 6.11. The third kappa shape index (κ3) is 3.72. The number of fused-ring (bicyclic) bond motifs is 1. The van der Waals surface area contributed by atoms with E-state index in [-0.39, 0.29) is 0 Å². The van der Waals surface area contributed by atoms with Crippen molar-refractivity contribution in [3.05, 3.63) is 42.5 Å². The second-order valence-electron chi connectivity index (χ2n) is 6.14. The zero-order valence-corrected chi connectivity index (χ0v) is 13.6. The average molecular weight is 301 g/mol. The van der Waals surface area contributed by atoms with E-state index < -0.39 is 0 Å². The fourth-order valence-corrected chi connectivity index (χ4v) is 3.97. The number of hydrogen-bond acceptors (Lipinski definition) is 3. The van der Waals surface area contributed by atoms with Gasteiger partial charge in [0.05, 0.1) is 5.25 Å². The van der Waals surface area contributed by atoms with Crippen molar-refractivity contribution in [2.75, 3.05) is 25.6 Å². The van der Waals surface area contributed by atoms with Crippen LogP contribution in [-0.4, -0.2) is 35.7 Å². The van der Waals surface area contributed by atoms with Crippen LogP contribution < -0.4 is 4.74 Å². The molecule has 0 saturated carbocycles. The van der Waals surface area contributed by atoms with Crippen LogP contribution in [0.25, 0.3) is 10.8 Å². The molecule has 3 heteroatoms. The van der Waals surface area contributed by atoms with Gasteiger partial charge in [-0.25, -0.2) is 0 Å². The molecular formula is C18H23NOS. The molecule has 0 spiro atoms. The second kappa shape index (κ2) is 6.71. The molecule has 112 valence electrons. The Morgan fingerprint density at radius 2 is 2.00 bits per heavy atom. The van der Waals surface area contributed by atoms with E-state index in [4.69, 9.17) is 4.74 Å². The molecule has 3 rings (SSSR count). The van der Waals surface area contributed by atoms with Gasteiger partial charge >= 0.3 is 0 Å². The van der Waals surface area contributed by atoms with Gasteiger partial charge in [0.25, 0.3) is 0 Å². The largest absolute Gasteiger partial charge is 0.492 e. The normalized spacial score (nSPS) is 19.5. The summed E-state index contributed by atoms with van der Waals surface area (Å²) in [5, 5.41) is 3.04. The topological polar surface area (TPSA) is 12.5 Å². The van der Waals surface area contributed by atoms with Gasteiger partial charge in [-0.15, -0.1) is 11.8 Å². The van der Waals surface area contributed by atoms with Gasteiger partial charge in [-0.3, -0.25) is 4.90 Å². The minimum Gasteiger partial charge on any atom is -0.492 e. The van der Waals surface area contributed by atoms with Crippen molar-refractivity contribution in [3.63, 3.8) is 0 Å². The molecule has 0 unspecified atom stereocenters. The summed E-state index contributed by atoms with van der Waals surface area (Å²) in [6.45, 7) is 7.70. The van der Waals surface area contributed by atoms with Gasteiger partial charge in [0.2, 0.25) is 0 Å². The number of benzene rings is 2. The van der Waals surface area contributed by atoms with Gasteiger partial charge in [-0.1, -0.05) is 50.2 Å². The van der Waals surface area contributed by atoms with Gasteiger partial charge in [0.15, 0.2) is 0 Å². The van der Waals surface area contributed by atoms with Crippen molar-refractivity contribution in [1.29, 1.82) is 0 Å². The molecule has 0 bridgehead atoms. The molecule has 2 aromatic rings. The van der Waals surface area contributed by atoms with E-state index >= 15 is 0 Å². The van der Waals surface area contributed by atoms with E-state index in [2.05, 4.69) is 61.2 Å². The highest BCUT2D eigenvalue weighted by Crippen LogP contribution is 2.28. The second-order valence-corrected chi connectivity index (χ2v) is 7.39. The summed E-state index contributed by atoms with van der Waals surface area (Å²) in [6.07, 6.45) is 0. The van der Waals surface area contributed by atoms with Gasteiger partial charge in [0.1, 0.15) is 12.4 Å². The van der Waals surface area contributed by atoms with Crippen molar-refractivity contribution in [2.24, 2.45) is 5.92 Å². The van der Waals surface area contributed by atoms with Crippen molar-refractivity contribution < 1.29 is 4.74 Å². The summed E-state index contributed by atoms with van der Waals surface area (Å²) in [5.74, 6) is 2.89. The predicted octanol–water partition coefficient (Wildman–Crippen LogP) is 4.25. The van der Waals surface area contributed by atoms with Crippen LogP contribution in [-0.2, 0) is 0 Å². The highest BCUT2D eigenvalue weighted by atomic mass is 32.2. The first-order valence-electron chi connectivity index (χ1n) is 7.67. The molecule has 0 aromatic heterocycles. The Morgan fingerprint density at radius 3 is 2.86 bits per heavy atom. The van der Waals surface area contributed by atoms with Gasteiger partial charge in [-0.05, 0) is 17.4 Å². The molecule has 0 radical (unpaired) electrons. The average Bonchev–Trinajstić information content (AvgIpc) is 2.92. The lowest BCUT2D eigenvalue weighted by atomic mass is 10.1. The molecule has 1 aliphatic heterocycles. The number of hydrogen-bond donors (Lipinski definition) is 0. The zero-order chi connectivity index (χ0) is 14.7. The van der Waals surface area contributed by atoms with E-state index in [0.717, 1.165) is 30.7 Å². The Bertz CT molecular complexity index is 593. The van der Waals surface area contributed by atoms with Crippen LogP contribution in [0.15, 0.2) is 42.5 Å². The van der Waals surface area contributed by atoms with Crippen LogP contribution >= 0.6 is 11.8 Å². The van der Waals surface area contributed by atoms with Crippen molar-refractivity contribution in [3.8, 4) is 5.75 Å². The first-order valence-corrected chi connectivity index (χ1v) is 8.72. The third-order valence-corrected chi connectivity index (χ3v) is 5.02. The fourth-order valence-electron chi connectivity index (χ4n) is 2.85. The van der Waals surface area contributed by atoms with Crippen LogP contribution in [0.1, 0.15) is 13.8 Å². The highest BCUT2D eigenvalue weighted by Gasteiger charge is 2.24. The van der Waals surface area contributed by atoms with Crippen LogP contribution in [0.2, 0.25) is 0 Å². The molecule has 0 N–H and O–H groups in total. The molecular weight excluding hydrogens is 278 g/mol. The minimum atomic E-state index is 0.586. The molecule has 1 heterocycles. The summed E-state index contributed by atoms with van der Waals surface area (Å²) in [5.41, 5.74) is 0. The summed E-state index contributed by atoms with van der Waals surface area (Å²) < 4.78 is 6.11. The summed E-state index contributed by atoms with van der Waals surface area (Å²) in [6, 6.07) is 14.7. The molecule has 1 saturated heterocycles. The molecule has 0 aliphatic carbocycles. The van der Waals surface area contributed by atoms with Gasteiger partial charge in [-0.2, -0.15) is 0 Å². The third-order valence-electron chi connectivity index (χ3n) is 3.75. The number of thioether (sulfide) groups is 1. The Morgan fingerprint density at radius 1 is 1.19 bits per heavy atom. The molecule has 1 aliphatic rings.